The summed E-state index contributed by atoms with van der Waals surface area (Å²) in [5.74, 6) is -0.861. The largest absolute Gasteiger partial charge is 0.434 e. The van der Waals surface area contributed by atoms with E-state index in [1.807, 2.05) is 0 Å². The molecule has 0 spiro atoms. The lowest BCUT2D eigenvalue weighted by Gasteiger charge is -2.08. The van der Waals surface area contributed by atoms with Crippen molar-refractivity contribution in [3.63, 3.8) is 0 Å². The van der Waals surface area contributed by atoms with E-state index < -0.39 is 22.7 Å². The van der Waals surface area contributed by atoms with Gasteiger partial charge >= 0.3 is 6.18 Å². The zero-order chi connectivity index (χ0) is 14.9. The molecule has 106 valence electrons. The summed E-state index contributed by atoms with van der Waals surface area (Å²) in [4.78, 5) is 14.6. The number of aryl methyl sites for hydroxylation is 1. The number of carbonyl (C=O) groups is 1. The smallest absolute Gasteiger partial charge is 0.321 e. The second kappa shape index (κ2) is 5.41. The van der Waals surface area contributed by atoms with Gasteiger partial charge in [0.25, 0.3) is 5.91 Å². The van der Waals surface area contributed by atoms with Crippen molar-refractivity contribution in [2.24, 2.45) is 0 Å². The van der Waals surface area contributed by atoms with Gasteiger partial charge < -0.3 is 5.32 Å². The fourth-order valence-electron chi connectivity index (χ4n) is 1.47. The zero-order valence-electron chi connectivity index (χ0n) is 10.1. The third-order valence-electron chi connectivity index (χ3n) is 2.47. The lowest BCUT2D eigenvalue weighted by molar-refractivity contribution is -0.141. The predicted molar refractivity (Wildman–Crippen MR) is 71.3 cm³/mol. The molecule has 0 bridgehead atoms. The van der Waals surface area contributed by atoms with Crippen molar-refractivity contribution in [1.29, 1.82) is 0 Å². The number of nitrogens with one attached hydrogen (secondary N) is 1. The number of carbonyl (C=O) groups excluding carboxylic acids is 1. The molecule has 1 aromatic carbocycles. The Hall–Kier alpha value is -1.60. The summed E-state index contributed by atoms with van der Waals surface area (Å²) in [5, 5.41) is 2.79. The molecule has 3 nitrogen and oxygen atoms in total. The molecule has 0 aliphatic carbocycles. The van der Waals surface area contributed by atoms with Crippen molar-refractivity contribution in [2.75, 3.05) is 5.32 Å². The number of hydrogen-bond acceptors (Lipinski definition) is 3. The number of hydrogen-bond donors (Lipinski definition) is 1. The van der Waals surface area contributed by atoms with Gasteiger partial charge in [-0.3, -0.25) is 4.79 Å². The van der Waals surface area contributed by atoms with Gasteiger partial charge in [0.05, 0.1) is 5.51 Å². The quantitative estimate of drug-likeness (QED) is 0.892. The fraction of sp³-hybridized carbons (Fsp3) is 0.167. The third-order valence-corrected chi connectivity index (χ3v) is 3.70. The van der Waals surface area contributed by atoms with Crippen molar-refractivity contribution in [1.82, 2.24) is 4.98 Å². The van der Waals surface area contributed by atoms with E-state index in [2.05, 4.69) is 10.3 Å². The number of alkyl halides is 3. The molecule has 0 saturated carbocycles. The molecule has 1 N–H and O–H groups in total. The Balaban J connectivity index is 2.25. The van der Waals surface area contributed by atoms with Gasteiger partial charge in [-0.1, -0.05) is 17.7 Å². The predicted octanol–water partition coefficient (Wildman–Crippen LogP) is 4.38. The topological polar surface area (TPSA) is 42.0 Å². The van der Waals surface area contributed by atoms with Crippen LogP contribution >= 0.6 is 22.9 Å². The molecule has 2 rings (SSSR count). The number of halogens is 4. The first-order valence-electron chi connectivity index (χ1n) is 5.37. The third kappa shape index (κ3) is 3.10. The Kier molecular flexibility index (Phi) is 4.01. The summed E-state index contributed by atoms with van der Waals surface area (Å²) in [6.45, 7) is 1.78. The molecule has 1 amide bonds. The Morgan fingerprint density at radius 2 is 2.10 bits per heavy atom. The van der Waals surface area contributed by atoms with E-state index >= 15 is 0 Å². The van der Waals surface area contributed by atoms with Crippen LogP contribution in [0.15, 0.2) is 23.7 Å². The van der Waals surface area contributed by atoms with Crippen LogP contribution in [-0.2, 0) is 6.18 Å². The van der Waals surface area contributed by atoms with Crippen molar-refractivity contribution < 1.29 is 18.0 Å². The molecule has 8 heteroatoms. The molecule has 2 aromatic rings. The molecule has 0 aliphatic heterocycles. The minimum Gasteiger partial charge on any atom is -0.321 e. The van der Waals surface area contributed by atoms with Gasteiger partial charge in [0.2, 0.25) is 0 Å². The number of anilines is 1. The second-order valence-electron chi connectivity index (χ2n) is 3.95. The maximum Gasteiger partial charge on any atom is 0.434 e. The van der Waals surface area contributed by atoms with Crippen molar-refractivity contribution in [3.8, 4) is 0 Å². The normalized spacial score (nSPS) is 11.4. The number of thiazole rings is 1. The molecule has 0 aliphatic rings. The van der Waals surface area contributed by atoms with Gasteiger partial charge in [0, 0.05) is 10.7 Å². The Labute approximate surface area is 121 Å². The summed E-state index contributed by atoms with van der Waals surface area (Å²) in [7, 11) is 0. The van der Waals surface area contributed by atoms with Gasteiger partial charge in [-0.2, -0.15) is 13.2 Å². The van der Waals surface area contributed by atoms with E-state index in [0.717, 1.165) is 11.1 Å². The minimum absolute atomic E-state index is 0.326. The average Bonchev–Trinajstić information content (AvgIpc) is 2.83. The highest BCUT2D eigenvalue weighted by Gasteiger charge is 2.38. The number of amides is 1. The van der Waals surface area contributed by atoms with Crippen molar-refractivity contribution in [3.05, 3.63) is 44.9 Å². The van der Waals surface area contributed by atoms with Crippen molar-refractivity contribution >= 4 is 34.5 Å². The molecular formula is C12H8ClF3N2OS. The highest BCUT2D eigenvalue weighted by molar-refractivity contribution is 7.12. The maximum absolute atomic E-state index is 12.6. The van der Waals surface area contributed by atoms with Crippen LogP contribution in [0.25, 0.3) is 0 Å². The lowest BCUT2D eigenvalue weighted by atomic mass is 10.2. The van der Waals surface area contributed by atoms with Gasteiger partial charge in [0.15, 0.2) is 5.69 Å². The summed E-state index contributed by atoms with van der Waals surface area (Å²) >= 11 is 6.52. The first-order valence-corrected chi connectivity index (χ1v) is 6.63. The van der Waals surface area contributed by atoms with Crippen LogP contribution in [0, 0.1) is 6.92 Å². The first kappa shape index (κ1) is 14.8. The van der Waals surface area contributed by atoms with Crippen LogP contribution in [0.1, 0.15) is 20.9 Å². The Morgan fingerprint density at radius 3 is 2.70 bits per heavy atom. The van der Waals surface area contributed by atoms with Gasteiger partial charge in [-0.15, -0.1) is 11.3 Å². The monoisotopic (exact) mass is 320 g/mol. The molecule has 0 unspecified atom stereocenters. The summed E-state index contributed by atoms with van der Waals surface area (Å²) in [6.07, 6.45) is -4.66. The molecule has 0 saturated heterocycles. The van der Waals surface area contributed by atoms with E-state index in [9.17, 15) is 18.0 Å². The van der Waals surface area contributed by atoms with Crippen LogP contribution < -0.4 is 5.32 Å². The van der Waals surface area contributed by atoms with E-state index in [1.54, 1.807) is 19.1 Å². The molecule has 0 radical (unpaired) electrons. The number of aromatic nitrogens is 1. The highest BCUT2D eigenvalue weighted by atomic mass is 35.5. The van der Waals surface area contributed by atoms with Crippen LogP contribution in [0.5, 0.6) is 0 Å². The molecular weight excluding hydrogens is 313 g/mol. The average molecular weight is 321 g/mol. The van der Waals surface area contributed by atoms with E-state index in [1.165, 1.54) is 6.07 Å². The van der Waals surface area contributed by atoms with E-state index in [-0.39, 0.29) is 0 Å². The SMILES string of the molecule is Cc1ccc(NC(=O)c2scnc2C(F)(F)F)cc1Cl. The van der Waals surface area contributed by atoms with Crippen LogP contribution in [0.3, 0.4) is 0 Å². The number of nitrogens with zero attached hydrogens (tertiary/aromatic N) is 1. The molecule has 0 fully saturated rings. The highest BCUT2D eigenvalue weighted by Crippen LogP contribution is 2.33. The number of benzene rings is 1. The lowest BCUT2D eigenvalue weighted by Crippen LogP contribution is -2.17. The number of rotatable bonds is 2. The molecule has 1 aromatic heterocycles. The van der Waals surface area contributed by atoms with Crippen molar-refractivity contribution in [2.45, 2.75) is 13.1 Å². The van der Waals surface area contributed by atoms with Crippen LogP contribution in [-0.4, -0.2) is 10.9 Å². The Bertz CT molecular complexity index is 654. The minimum atomic E-state index is -4.66. The summed E-state index contributed by atoms with van der Waals surface area (Å²) in [5.41, 5.74) is 0.934. The molecule has 0 atom stereocenters. The maximum atomic E-state index is 12.6. The van der Waals surface area contributed by atoms with Gasteiger partial charge in [0.1, 0.15) is 4.88 Å². The van der Waals surface area contributed by atoms with Gasteiger partial charge in [-0.05, 0) is 24.6 Å². The fourth-order valence-corrected chi connectivity index (χ4v) is 2.35. The second-order valence-corrected chi connectivity index (χ2v) is 5.21. The van der Waals surface area contributed by atoms with E-state index in [0.29, 0.717) is 22.0 Å². The van der Waals surface area contributed by atoms with Crippen LogP contribution in [0.2, 0.25) is 5.02 Å². The molecule has 20 heavy (non-hydrogen) atoms. The first-order chi connectivity index (χ1) is 9.29. The summed E-state index contributed by atoms with van der Waals surface area (Å²) in [6, 6.07) is 4.70. The molecule has 1 heterocycles. The standard InChI is InChI=1S/C12H8ClF3N2OS/c1-6-2-3-7(4-8(6)13)18-11(19)9-10(12(14,15)16)17-5-20-9/h2-5H,1H3,(H,18,19). The van der Waals surface area contributed by atoms with Crippen LogP contribution in [0.4, 0.5) is 18.9 Å². The summed E-state index contributed by atoms with van der Waals surface area (Å²) < 4.78 is 37.9. The van der Waals surface area contributed by atoms with E-state index in [4.69, 9.17) is 11.6 Å². The zero-order valence-corrected chi connectivity index (χ0v) is 11.7. The van der Waals surface area contributed by atoms with Gasteiger partial charge in [-0.25, -0.2) is 4.98 Å². The Morgan fingerprint density at radius 1 is 1.40 bits per heavy atom.